The van der Waals surface area contributed by atoms with Gasteiger partial charge in [-0.25, -0.2) is 0 Å². The molecule has 1 rings (SSSR count). The highest BCUT2D eigenvalue weighted by Gasteiger charge is 2.34. The molecule has 4 nitrogen and oxygen atoms in total. The van der Waals surface area contributed by atoms with E-state index in [2.05, 4.69) is 17.3 Å². The number of likely N-dealkylation sites (N-methyl/N-ethyl adjacent to an activating group) is 2. The zero-order chi connectivity index (χ0) is 14.3. The molecule has 0 aromatic rings. The van der Waals surface area contributed by atoms with E-state index in [0.29, 0.717) is 13.2 Å². The lowest BCUT2D eigenvalue weighted by atomic mass is 9.88. The maximum Gasteiger partial charge on any atom is 0.327 e. The van der Waals surface area contributed by atoms with Gasteiger partial charge in [0.25, 0.3) is 0 Å². The summed E-state index contributed by atoms with van der Waals surface area (Å²) in [6, 6.07) is 0. The van der Waals surface area contributed by atoms with Crippen molar-refractivity contribution in [2.24, 2.45) is 5.92 Å². The van der Waals surface area contributed by atoms with Gasteiger partial charge < -0.3 is 15.0 Å². The molecular weight excluding hydrogens is 240 g/mol. The molecule has 0 bridgehead atoms. The maximum absolute atomic E-state index is 12.0. The first-order valence-electron chi connectivity index (χ1n) is 7.56. The summed E-state index contributed by atoms with van der Waals surface area (Å²) in [5.74, 6) is 0.634. The molecule has 112 valence electrons. The van der Waals surface area contributed by atoms with Gasteiger partial charge in [-0.2, -0.15) is 0 Å². The standard InChI is InChI=1S/C15H30N2O2/c1-5-19-14(18)15(2,16-3)12-17(4)11-13-9-7-6-8-10-13/h13,16H,5-12H2,1-4H3. The van der Waals surface area contributed by atoms with Crippen molar-refractivity contribution in [1.82, 2.24) is 10.2 Å². The van der Waals surface area contributed by atoms with Gasteiger partial charge in [0, 0.05) is 13.1 Å². The van der Waals surface area contributed by atoms with Gasteiger partial charge in [0.15, 0.2) is 0 Å². The van der Waals surface area contributed by atoms with E-state index >= 15 is 0 Å². The fraction of sp³-hybridized carbons (Fsp3) is 0.933. The van der Waals surface area contributed by atoms with E-state index in [9.17, 15) is 4.79 Å². The van der Waals surface area contributed by atoms with Crippen LogP contribution in [0.25, 0.3) is 0 Å². The quantitative estimate of drug-likeness (QED) is 0.719. The minimum absolute atomic E-state index is 0.159. The third-order valence-electron chi connectivity index (χ3n) is 4.16. The molecule has 1 N–H and O–H groups in total. The Bertz CT molecular complexity index is 277. The monoisotopic (exact) mass is 270 g/mol. The summed E-state index contributed by atoms with van der Waals surface area (Å²) in [6.45, 7) is 5.97. The lowest BCUT2D eigenvalue weighted by molar-refractivity contribution is -0.151. The first kappa shape index (κ1) is 16.4. The van der Waals surface area contributed by atoms with Crippen LogP contribution in [0.2, 0.25) is 0 Å². The Kier molecular flexibility index (Phi) is 6.80. The number of carbonyl (C=O) groups excluding carboxylic acids is 1. The summed E-state index contributed by atoms with van der Waals surface area (Å²) in [5, 5.41) is 3.11. The molecule has 0 saturated heterocycles. The topological polar surface area (TPSA) is 41.6 Å². The van der Waals surface area contributed by atoms with E-state index in [-0.39, 0.29) is 5.97 Å². The predicted octanol–water partition coefficient (Wildman–Crippen LogP) is 2.04. The summed E-state index contributed by atoms with van der Waals surface area (Å²) >= 11 is 0. The van der Waals surface area contributed by atoms with Crippen LogP contribution in [-0.2, 0) is 9.53 Å². The third kappa shape index (κ3) is 5.11. The lowest BCUT2D eigenvalue weighted by Gasteiger charge is -2.34. The molecule has 0 aromatic carbocycles. The Morgan fingerprint density at radius 1 is 1.37 bits per heavy atom. The summed E-state index contributed by atoms with van der Waals surface area (Å²) in [6.07, 6.45) is 6.77. The van der Waals surface area contributed by atoms with E-state index in [1.165, 1.54) is 32.1 Å². The number of hydrogen-bond acceptors (Lipinski definition) is 4. The zero-order valence-electron chi connectivity index (χ0n) is 13.0. The normalized spacial score (nSPS) is 20.3. The Morgan fingerprint density at radius 2 is 2.00 bits per heavy atom. The van der Waals surface area contributed by atoms with Crippen molar-refractivity contribution in [2.75, 3.05) is 33.8 Å². The first-order valence-corrected chi connectivity index (χ1v) is 7.56. The molecule has 0 aliphatic heterocycles. The molecule has 4 heteroatoms. The highest BCUT2D eigenvalue weighted by atomic mass is 16.5. The minimum Gasteiger partial charge on any atom is -0.465 e. The van der Waals surface area contributed by atoms with Crippen molar-refractivity contribution in [2.45, 2.75) is 51.5 Å². The Labute approximate surface area is 117 Å². The molecule has 1 atom stereocenters. The highest BCUT2D eigenvalue weighted by Crippen LogP contribution is 2.24. The molecule has 19 heavy (non-hydrogen) atoms. The number of nitrogens with one attached hydrogen (secondary N) is 1. The molecule has 1 fully saturated rings. The van der Waals surface area contributed by atoms with Gasteiger partial charge in [-0.15, -0.1) is 0 Å². The van der Waals surface area contributed by atoms with Crippen molar-refractivity contribution >= 4 is 5.97 Å². The summed E-state index contributed by atoms with van der Waals surface area (Å²) < 4.78 is 5.16. The van der Waals surface area contributed by atoms with Gasteiger partial charge >= 0.3 is 5.97 Å². The van der Waals surface area contributed by atoms with Gasteiger partial charge in [-0.1, -0.05) is 19.3 Å². The first-order chi connectivity index (χ1) is 9.01. The predicted molar refractivity (Wildman–Crippen MR) is 78.2 cm³/mol. The molecule has 1 saturated carbocycles. The van der Waals surface area contributed by atoms with Crippen molar-refractivity contribution in [3.05, 3.63) is 0 Å². The van der Waals surface area contributed by atoms with Crippen LogP contribution in [0.5, 0.6) is 0 Å². The molecule has 1 unspecified atom stereocenters. The second-order valence-electron chi connectivity index (χ2n) is 6.00. The molecular formula is C15H30N2O2. The number of ether oxygens (including phenoxy) is 1. The van der Waals surface area contributed by atoms with E-state index in [1.54, 1.807) is 0 Å². The Balaban J connectivity index is 2.46. The second-order valence-corrected chi connectivity index (χ2v) is 6.00. The van der Waals surface area contributed by atoms with Crippen LogP contribution in [-0.4, -0.2) is 50.2 Å². The van der Waals surface area contributed by atoms with Crippen LogP contribution in [0.3, 0.4) is 0 Å². The van der Waals surface area contributed by atoms with E-state index in [1.807, 2.05) is 20.9 Å². The second kappa shape index (κ2) is 7.85. The molecule has 1 aliphatic carbocycles. The molecule has 0 spiro atoms. The van der Waals surface area contributed by atoms with E-state index in [0.717, 1.165) is 12.5 Å². The van der Waals surface area contributed by atoms with Gasteiger partial charge in [-0.3, -0.25) is 4.79 Å². The van der Waals surface area contributed by atoms with Gasteiger partial charge in [0.05, 0.1) is 6.61 Å². The van der Waals surface area contributed by atoms with Crippen LogP contribution in [0.15, 0.2) is 0 Å². The van der Waals surface area contributed by atoms with Crippen LogP contribution in [0.1, 0.15) is 46.0 Å². The van der Waals surface area contributed by atoms with Gasteiger partial charge in [-0.05, 0) is 46.7 Å². The number of carbonyl (C=O) groups is 1. The van der Waals surface area contributed by atoms with Gasteiger partial charge in [0.2, 0.25) is 0 Å². The zero-order valence-corrected chi connectivity index (χ0v) is 13.0. The molecule has 1 aliphatic rings. The summed E-state index contributed by atoms with van der Waals surface area (Å²) in [5.41, 5.74) is -0.612. The fourth-order valence-corrected chi connectivity index (χ4v) is 2.95. The van der Waals surface area contributed by atoms with Crippen LogP contribution in [0.4, 0.5) is 0 Å². The highest BCUT2D eigenvalue weighted by molar-refractivity contribution is 5.80. The van der Waals surface area contributed by atoms with Crippen molar-refractivity contribution in [3.63, 3.8) is 0 Å². The smallest absolute Gasteiger partial charge is 0.327 e. The van der Waals surface area contributed by atoms with Crippen LogP contribution >= 0.6 is 0 Å². The number of esters is 1. The lowest BCUT2D eigenvalue weighted by Crippen LogP contribution is -2.56. The Hall–Kier alpha value is -0.610. The summed E-state index contributed by atoms with van der Waals surface area (Å²) in [7, 11) is 3.93. The largest absolute Gasteiger partial charge is 0.465 e. The average Bonchev–Trinajstić information content (AvgIpc) is 2.39. The van der Waals surface area contributed by atoms with Crippen molar-refractivity contribution in [1.29, 1.82) is 0 Å². The van der Waals surface area contributed by atoms with E-state index in [4.69, 9.17) is 4.74 Å². The number of hydrogen-bond donors (Lipinski definition) is 1. The summed E-state index contributed by atoms with van der Waals surface area (Å²) in [4.78, 5) is 14.3. The third-order valence-corrected chi connectivity index (χ3v) is 4.16. The van der Waals surface area contributed by atoms with Gasteiger partial charge in [0.1, 0.15) is 5.54 Å². The maximum atomic E-state index is 12.0. The Morgan fingerprint density at radius 3 is 2.53 bits per heavy atom. The van der Waals surface area contributed by atoms with Crippen molar-refractivity contribution < 1.29 is 9.53 Å². The SMILES string of the molecule is CCOC(=O)C(C)(CN(C)CC1CCCCC1)NC. The number of rotatable bonds is 7. The minimum atomic E-state index is -0.612. The molecule has 0 aromatic heterocycles. The molecule has 0 radical (unpaired) electrons. The van der Waals surface area contributed by atoms with E-state index < -0.39 is 5.54 Å². The van der Waals surface area contributed by atoms with Crippen LogP contribution < -0.4 is 5.32 Å². The fourth-order valence-electron chi connectivity index (χ4n) is 2.95. The van der Waals surface area contributed by atoms with Crippen LogP contribution in [0, 0.1) is 5.92 Å². The molecule has 0 amide bonds. The molecule has 0 heterocycles. The number of nitrogens with zero attached hydrogens (tertiary/aromatic N) is 1. The van der Waals surface area contributed by atoms with Crippen molar-refractivity contribution in [3.8, 4) is 0 Å². The average molecular weight is 270 g/mol.